The summed E-state index contributed by atoms with van der Waals surface area (Å²) in [6, 6.07) is 23.6. The summed E-state index contributed by atoms with van der Waals surface area (Å²) in [5, 5.41) is 8.92. The summed E-state index contributed by atoms with van der Waals surface area (Å²) in [5.41, 5.74) is 3.54. The highest BCUT2D eigenvalue weighted by molar-refractivity contribution is 7.99. The van der Waals surface area contributed by atoms with E-state index in [0.717, 1.165) is 45.1 Å². The predicted molar refractivity (Wildman–Crippen MR) is 116 cm³/mol. The maximum atomic E-state index is 11.7. The molecule has 0 unspecified atom stereocenters. The highest BCUT2D eigenvalue weighted by atomic mass is 32.2. The topological polar surface area (TPSA) is 50.1 Å². The molecule has 0 heterocycles. The van der Waals surface area contributed by atoms with Gasteiger partial charge in [-0.15, -0.1) is 0 Å². The molecule has 0 aliphatic rings. The number of benzene rings is 3. The molecular weight excluding hydrogens is 378 g/mol. The minimum absolute atomic E-state index is 0.0708. The Kier molecular flexibility index (Phi) is 7.10. The molecule has 0 atom stereocenters. The van der Waals surface area contributed by atoms with Crippen LogP contribution >= 0.6 is 11.8 Å². The molecule has 29 heavy (non-hydrogen) atoms. The molecule has 146 valence electrons. The van der Waals surface area contributed by atoms with E-state index in [9.17, 15) is 4.79 Å². The fourth-order valence-electron chi connectivity index (χ4n) is 3.00. The number of nitriles is 1. The summed E-state index contributed by atoms with van der Waals surface area (Å²) >= 11 is 1.66. The van der Waals surface area contributed by atoms with Crippen LogP contribution in [-0.4, -0.2) is 5.78 Å². The number of ether oxygens (including phenoxy) is 1. The van der Waals surface area contributed by atoms with Gasteiger partial charge in [-0.25, -0.2) is 0 Å². The van der Waals surface area contributed by atoms with Gasteiger partial charge in [0.05, 0.1) is 11.6 Å². The standard InChI is InChI=1S/C25H23NO2S/c1-3-5-22-15-21(18(2)27)10-13-25(22)28-17-20-6-4-7-24(14-20)29-23-11-8-19(16-26)9-12-23/h4,6-15H,3,5,17H2,1-2H3. The first-order chi connectivity index (χ1) is 14.1. The fraction of sp³-hybridized carbons (Fsp3) is 0.200. The zero-order valence-corrected chi connectivity index (χ0v) is 17.5. The minimum atomic E-state index is 0.0708. The fourth-order valence-corrected chi connectivity index (χ4v) is 3.90. The summed E-state index contributed by atoms with van der Waals surface area (Å²) in [7, 11) is 0. The Morgan fingerprint density at radius 2 is 1.83 bits per heavy atom. The molecule has 0 saturated heterocycles. The van der Waals surface area contributed by atoms with Crippen LogP contribution in [0, 0.1) is 11.3 Å². The van der Waals surface area contributed by atoms with Gasteiger partial charge in [-0.1, -0.05) is 37.2 Å². The second-order valence-corrected chi connectivity index (χ2v) is 7.95. The second-order valence-electron chi connectivity index (χ2n) is 6.80. The Labute approximate surface area is 176 Å². The molecule has 0 spiro atoms. The molecule has 4 heteroatoms. The van der Waals surface area contributed by atoms with Crippen molar-refractivity contribution in [2.45, 2.75) is 43.1 Å². The minimum Gasteiger partial charge on any atom is -0.489 e. The van der Waals surface area contributed by atoms with Crippen molar-refractivity contribution < 1.29 is 9.53 Å². The van der Waals surface area contributed by atoms with E-state index in [2.05, 4.69) is 25.1 Å². The second kappa shape index (κ2) is 9.95. The number of ketones is 1. The average molecular weight is 402 g/mol. The van der Waals surface area contributed by atoms with Crippen LogP contribution in [-0.2, 0) is 13.0 Å². The van der Waals surface area contributed by atoms with Crippen LogP contribution in [0.4, 0.5) is 0 Å². The first-order valence-electron chi connectivity index (χ1n) is 9.62. The SMILES string of the molecule is CCCc1cc(C(C)=O)ccc1OCc1cccc(Sc2ccc(C#N)cc2)c1. The van der Waals surface area contributed by atoms with Crippen molar-refractivity contribution in [1.82, 2.24) is 0 Å². The van der Waals surface area contributed by atoms with Crippen LogP contribution < -0.4 is 4.74 Å². The number of nitrogens with zero attached hydrogens (tertiary/aromatic N) is 1. The molecular formula is C25H23NO2S. The van der Waals surface area contributed by atoms with Gasteiger partial charge in [-0.3, -0.25) is 4.79 Å². The van der Waals surface area contributed by atoms with Gasteiger partial charge < -0.3 is 4.74 Å². The van der Waals surface area contributed by atoms with E-state index in [1.54, 1.807) is 18.7 Å². The quantitative estimate of drug-likeness (QED) is 0.407. The van der Waals surface area contributed by atoms with Gasteiger partial charge in [0.2, 0.25) is 0 Å². The molecule has 0 N–H and O–H groups in total. The number of Topliss-reactive ketones (excluding diaryl/α,β-unsaturated/α-hetero) is 1. The summed E-state index contributed by atoms with van der Waals surface area (Å²) in [4.78, 5) is 13.9. The number of carbonyl (C=O) groups is 1. The molecule has 0 aliphatic carbocycles. The van der Waals surface area contributed by atoms with Gasteiger partial charge in [0.15, 0.2) is 5.78 Å². The summed E-state index contributed by atoms with van der Waals surface area (Å²) in [6.45, 7) is 4.18. The largest absolute Gasteiger partial charge is 0.489 e. The highest BCUT2D eigenvalue weighted by Gasteiger charge is 2.08. The number of carbonyl (C=O) groups excluding carboxylic acids is 1. The lowest BCUT2D eigenvalue weighted by atomic mass is 10.0. The van der Waals surface area contributed by atoms with Crippen molar-refractivity contribution in [2.24, 2.45) is 0 Å². The first-order valence-corrected chi connectivity index (χ1v) is 10.4. The van der Waals surface area contributed by atoms with Crippen LogP contribution in [0.2, 0.25) is 0 Å². The molecule has 3 aromatic rings. The summed E-state index contributed by atoms with van der Waals surface area (Å²) in [6.07, 6.45) is 1.87. The van der Waals surface area contributed by atoms with Crippen molar-refractivity contribution in [3.63, 3.8) is 0 Å². The lowest BCUT2D eigenvalue weighted by molar-refractivity contribution is 0.101. The molecule has 0 bridgehead atoms. The Balaban J connectivity index is 1.70. The summed E-state index contributed by atoms with van der Waals surface area (Å²) < 4.78 is 6.09. The van der Waals surface area contributed by atoms with Crippen LogP contribution in [0.15, 0.2) is 76.5 Å². The maximum Gasteiger partial charge on any atom is 0.159 e. The zero-order valence-electron chi connectivity index (χ0n) is 16.6. The molecule has 3 nitrogen and oxygen atoms in total. The summed E-state index contributed by atoms with van der Waals surface area (Å²) in [5.74, 6) is 0.906. The molecule has 0 saturated carbocycles. The Bertz CT molecular complexity index is 1040. The van der Waals surface area contributed by atoms with Crippen molar-refractivity contribution in [1.29, 1.82) is 5.26 Å². The van der Waals surface area contributed by atoms with E-state index in [1.807, 2.05) is 54.6 Å². The molecule has 3 aromatic carbocycles. The van der Waals surface area contributed by atoms with Gasteiger partial charge in [0.1, 0.15) is 12.4 Å². The third kappa shape index (κ3) is 5.73. The van der Waals surface area contributed by atoms with E-state index in [0.29, 0.717) is 12.2 Å². The smallest absolute Gasteiger partial charge is 0.159 e. The normalized spacial score (nSPS) is 10.4. The number of hydrogen-bond acceptors (Lipinski definition) is 4. The van der Waals surface area contributed by atoms with E-state index in [-0.39, 0.29) is 5.78 Å². The van der Waals surface area contributed by atoms with Crippen molar-refractivity contribution >= 4 is 17.5 Å². The average Bonchev–Trinajstić information content (AvgIpc) is 2.74. The molecule has 0 fully saturated rings. The van der Waals surface area contributed by atoms with Crippen LogP contribution in [0.25, 0.3) is 0 Å². The predicted octanol–water partition coefficient (Wildman–Crippen LogP) is 6.44. The van der Waals surface area contributed by atoms with Crippen LogP contribution in [0.3, 0.4) is 0 Å². The zero-order chi connectivity index (χ0) is 20.6. The van der Waals surface area contributed by atoms with E-state index in [1.165, 1.54) is 0 Å². The number of hydrogen-bond donors (Lipinski definition) is 0. The van der Waals surface area contributed by atoms with Crippen LogP contribution in [0.1, 0.15) is 47.3 Å². The highest BCUT2D eigenvalue weighted by Crippen LogP contribution is 2.29. The van der Waals surface area contributed by atoms with E-state index in [4.69, 9.17) is 10.00 Å². The maximum absolute atomic E-state index is 11.7. The van der Waals surface area contributed by atoms with Gasteiger partial charge in [0.25, 0.3) is 0 Å². The number of rotatable bonds is 8. The number of aryl methyl sites for hydroxylation is 1. The lowest BCUT2D eigenvalue weighted by Crippen LogP contribution is -2.01. The molecule has 0 aliphatic heterocycles. The molecule has 0 aromatic heterocycles. The van der Waals surface area contributed by atoms with Crippen molar-refractivity contribution in [3.05, 3.63) is 89.0 Å². The lowest BCUT2D eigenvalue weighted by Gasteiger charge is -2.13. The van der Waals surface area contributed by atoms with E-state index < -0.39 is 0 Å². The Morgan fingerprint density at radius 1 is 1.03 bits per heavy atom. The van der Waals surface area contributed by atoms with Gasteiger partial charge in [-0.2, -0.15) is 5.26 Å². The molecule has 3 rings (SSSR count). The Morgan fingerprint density at radius 3 is 2.52 bits per heavy atom. The molecule has 0 radical (unpaired) electrons. The monoisotopic (exact) mass is 401 g/mol. The first kappa shape index (κ1) is 20.7. The third-order valence-electron chi connectivity index (χ3n) is 4.50. The van der Waals surface area contributed by atoms with Gasteiger partial charge >= 0.3 is 0 Å². The van der Waals surface area contributed by atoms with Crippen molar-refractivity contribution in [3.8, 4) is 11.8 Å². The van der Waals surface area contributed by atoms with Crippen molar-refractivity contribution in [2.75, 3.05) is 0 Å². The Hall–Kier alpha value is -3.03. The third-order valence-corrected chi connectivity index (χ3v) is 5.50. The van der Waals surface area contributed by atoms with E-state index >= 15 is 0 Å². The van der Waals surface area contributed by atoms with Gasteiger partial charge in [-0.05, 0) is 79.1 Å². The van der Waals surface area contributed by atoms with Crippen LogP contribution in [0.5, 0.6) is 5.75 Å². The molecule has 0 amide bonds. The van der Waals surface area contributed by atoms with Gasteiger partial charge in [0, 0.05) is 15.4 Å².